The van der Waals surface area contributed by atoms with Crippen LogP contribution in [0.3, 0.4) is 0 Å². The van der Waals surface area contributed by atoms with Gasteiger partial charge in [-0.15, -0.1) is 6.58 Å². The van der Waals surface area contributed by atoms with Crippen LogP contribution in [0, 0.1) is 11.8 Å². The molecule has 3 amide bonds. The number of benzene rings is 2. The second-order valence-corrected chi connectivity index (χ2v) is 11.9. The lowest BCUT2D eigenvalue weighted by atomic mass is 9.85. The van der Waals surface area contributed by atoms with E-state index in [1.54, 1.807) is 18.2 Å². The average molecular weight is 565 g/mol. The van der Waals surface area contributed by atoms with E-state index in [1.807, 2.05) is 40.1 Å². The van der Waals surface area contributed by atoms with Crippen LogP contribution in [-0.4, -0.2) is 65.6 Å². The highest BCUT2D eigenvalue weighted by Gasteiger charge is 2.51. The number of carbonyl (C=O) groups excluding carboxylic acids is 2. The van der Waals surface area contributed by atoms with E-state index in [0.717, 1.165) is 44.1 Å². The van der Waals surface area contributed by atoms with Gasteiger partial charge in [0, 0.05) is 54.8 Å². The molecule has 2 aromatic rings. The summed E-state index contributed by atoms with van der Waals surface area (Å²) < 4.78 is 0. The minimum absolute atomic E-state index is 0.0613. The molecular formula is C32H41ClN4O3. The highest BCUT2D eigenvalue weighted by molar-refractivity contribution is 6.30. The summed E-state index contributed by atoms with van der Waals surface area (Å²) in [6, 6.07) is 17.4. The van der Waals surface area contributed by atoms with Gasteiger partial charge in [0.15, 0.2) is 0 Å². The minimum Gasteiger partial charge on any atom is -0.339 e. The number of halogens is 1. The van der Waals surface area contributed by atoms with Gasteiger partial charge in [-0.2, -0.15) is 5.06 Å². The molecule has 0 spiro atoms. The van der Waals surface area contributed by atoms with Crippen molar-refractivity contribution in [2.45, 2.75) is 57.1 Å². The molecule has 214 valence electrons. The van der Waals surface area contributed by atoms with Crippen molar-refractivity contribution >= 4 is 29.2 Å². The van der Waals surface area contributed by atoms with Crippen molar-refractivity contribution < 1.29 is 14.4 Å². The van der Waals surface area contributed by atoms with Crippen LogP contribution in [0.1, 0.15) is 51.0 Å². The molecule has 7 nitrogen and oxygen atoms in total. The lowest BCUT2D eigenvalue weighted by Crippen LogP contribution is -2.51. The van der Waals surface area contributed by atoms with Crippen molar-refractivity contribution in [1.82, 2.24) is 14.9 Å². The SMILES string of the molecule is C=CCN(C(=O)Nc1cccc(Cl)c1)C1CCN(O[C@]2(c3ccccc3)CN(C(=O)C3CCCC3)C[C@@H]2C)CC1. The Morgan fingerprint density at radius 2 is 1.82 bits per heavy atom. The Balaban J connectivity index is 1.26. The first kappa shape index (κ1) is 28.7. The first-order chi connectivity index (χ1) is 19.4. The van der Waals surface area contributed by atoms with Gasteiger partial charge in [-0.25, -0.2) is 4.79 Å². The second kappa shape index (κ2) is 12.8. The van der Waals surface area contributed by atoms with Gasteiger partial charge in [-0.05, 0) is 49.4 Å². The first-order valence-corrected chi connectivity index (χ1v) is 15.0. The third-order valence-electron chi connectivity index (χ3n) is 8.81. The third kappa shape index (κ3) is 6.22. The fraction of sp³-hybridized carbons (Fsp3) is 0.500. The molecule has 1 N–H and O–H groups in total. The van der Waals surface area contributed by atoms with E-state index in [9.17, 15) is 9.59 Å². The van der Waals surface area contributed by atoms with Crippen LogP contribution < -0.4 is 5.32 Å². The summed E-state index contributed by atoms with van der Waals surface area (Å²) in [7, 11) is 0. The van der Waals surface area contributed by atoms with Gasteiger partial charge in [-0.3, -0.25) is 9.63 Å². The van der Waals surface area contributed by atoms with Crippen molar-refractivity contribution in [3.8, 4) is 0 Å². The number of anilines is 1. The van der Waals surface area contributed by atoms with E-state index in [4.69, 9.17) is 16.4 Å². The Hall–Kier alpha value is -2.87. The number of piperidine rings is 1. The number of nitrogens with zero attached hydrogens (tertiary/aromatic N) is 3. The number of nitrogens with one attached hydrogen (secondary N) is 1. The number of urea groups is 1. The van der Waals surface area contributed by atoms with Gasteiger partial charge >= 0.3 is 6.03 Å². The number of rotatable bonds is 8. The molecule has 2 aromatic carbocycles. The third-order valence-corrected chi connectivity index (χ3v) is 9.05. The first-order valence-electron chi connectivity index (χ1n) is 14.6. The topological polar surface area (TPSA) is 65.1 Å². The summed E-state index contributed by atoms with van der Waals surface area (Å²) in [6.45, 7) is 9.20. The normalized spacial score (nSPS) is 24.2. The summed E-state index contributed by atoms with van der Waals surface area (Å²) >= 11 is 6.11. The number of hydrogen-bond acceptors (Lipinski definition) is 4. The molecule has 3 aliphatic rings. The van der Waals surface area contributed by atoms with E-state index in [2.05, 4.69) is 36.0 Å². The van der Waals surface area contributed by atoms with Gasteiger partial charge in [0.2, 0.25) is 5.91 Å². The van der Waals surface area contributed by atoms with Gasteiger partial charge in [-0.1, -0.05) is 73.8 Å². The molecule has 0 bridgehead atoms. The van der Waals surface area contributed by atoms with Crippen LogP contribution in [0.15, 0.2) is 67.3 Å². The Morgan fingerprint density at radius 3 is 2.50 bits per heavy atom. The highest BCUT2D eigenvalue weighted by atomic mass is 35.5. The predicted octanol–water partition coefficient (Wildman–Crippen LogP) is 6.32. The minimum atomic E-state index is -0.590. The van der Waals surface area contributed by atoms with E-state index in [0.29, 0.717) is 43.4 Å². The Bertz CT molecular complexity index is 1180. The van der Waals surface area contributed by atoms with Crippen LogP contribution in [0.4, 0.5) is 10.5 Å². The average Bonchev–Trinajstić information content (AvgIpc) is 3.61. The molecule has 2 heterocycles. The molecule has 2 aliphatic heterocycles. The molecule has 0 radical (unpaired) electrons. The maximum absolute atomic E-state index is 13.4. The zero-order valence-electron chi connectivity index (χ0n) is 23.4. The zero-order valence-corrected chi connectivity index (χ0v) is 24.2. The van der Waals surface area contributed by atoms with Crippen molar-refractivity contribution in [3.63, 3.8) is 0 Å². The van der Waals surface area contributed by atoms with E-state index >= 15 is 0 Å². The molecule has 2 saturated heterocycles. The summed E-state index contributed by atoms with van der Waals surface area (Å²) in [5.41, 5.74) is 1.19. The van der Waals surface area contributed by atoms with Crippen LogP contribution in [0.2, 0.25) is 5.02 Å². The number of carbonyl (C=O) groups is 2. The Labute approximate surface area is 243 Å². The van der Waals surface area contributed by atoms with Gasteiger partial charge in [0.05, 0.1) is 6.54 Å². The maximum atomic E-state index is 13.4. The number of hydrogen-bond donors (Lipinski definition) is 1. The number of amides is 3. The number of likely N-dealkylation sites (tertiary alicyclic amines) is 1. The van der Waals surface area contributed by atoms with Crippen molar-refractivity contribution in [2.75, 3.05) is 38.0 Å². The number of hydroxylamine groups is 2. The van der Waals surface area contributed by atoms with Gasteiger partial charge < -0.3 is 15.1 Å². The van der Waals surface area contributed by atoms with Crippen molar-refractivity contribution in [2.24, 2.45) is 11.8 Å². The fourth-order valence-corrected chi connectivity index (χ4v) is 6.81. The van der Waals surface area contributed by atoms with E-state index in [1.165, 1.54) is 0 Å². The monoisotopic (exact) mass is 564 g/mol. The maximum Gasteiger partial charge on any atom is 0.322 e. The smallest absolute Gasteiger partial charge is 0.322 e. The molecule has 1 aliphatic carbocycles. The highest BCUT2D eigenvalue weighted by Crippen LogP contribution is 2.43. The summed E-state index contributed by atoms with van der Waals surface area (Å²) in [6.07, 6.45) is 7.62. The predicted molar refractivity (Wildman–Crippen MR) is 159 cm³/mol. The van der Waals surface area contributed by atoms with Crippen LogP contribution in [0.5, 0.6) is 0 Å². The lowest BCUT2D eigenvalue weighted by molar-refractivity contribution is -0.268. The quantitative estimate of drug-likeness (QED) is 0.381. The van der Waals surface area contributed by atoms with Gasteiger partial charge in [0.25, 0.3) is 0 Å². The van der Waals surface area contributed by atoms with Crippen LogP contribution in [0.25, 0.3) is 0 Å². The van der Waals surface area contributed by atoms with E-state index in [-0.39, 0.29) is 29.8 Å². The Morgan fingerprint density at radius 1 is 1.10 bits per heavy atom. The standard InChI is InChI=1S/C32H41ClN4O3/c1-3-18-37(31(39)34-28-15-9-14-27(33)21-28)29-16-19-36(20-17-29)40-32(26-12-5-4-6-13-26)23-35(22-24(32)2)30(38)25-10-7-8-11-25/h3-6,9,12-15,21,24-25,29H,1,7-8,10-11,16-20,22-23H2,2H3,(H,34,39)/t24-,32+/m0/s1. The molecular weight excluding hydrogens is 524 g/mol. The molecule has 2 atom stereocenters. The molecule has 0 aromatic heterocycles. The molecule has 0 unspecified atom stereocenters. The van der Waals surface area contributed by atoms with Crippen LogP contribution in [-0.2, 0) is 15.2 Å². The van der Waals surface area contributed by atoms with Crippen LogP contribution >= 0.6 is 11.6 Å². The summed E-state index contributed by atoms with van der Waals surface area (Å²) in [5, 5.41) is 5.62. The molecule has 40 heavy (non-hydrogen) atoms. The summed E-state index contributed by atoms with van der Waals surface area (Å²) in [4.78, 5) is 37.4. The van der Waals surface area contributed by atoms with E-state index < -0.39 is 5.60 Å². The molecule has 3 fully saturated rings. The largest absolute Gasteiger partial charge is 0.339 e. The molecule has 5 rings (SSSR count). The van der Waals surface area contributed by atoms with Crippen molar-refractivity contribution in [1.29, 1.82) is 0 Å². The summed E-state index contributed by atoms with van der Waals surface area (Å²) in [5.74, 6) is 0.595. The molecule has 8 heteroatoms. The fourth-order valence-electron chi connectivity index (χ4n) is 6.62. The zero-order chi connectivity index (χ0) is 28.1. The Kier molecular flexibility index (Phi) is 9.13. The second-order valence-electron chi connectivity index (χ2n) is 11.5. The van der Waals surface area contributed by atoms with Gasteiger partial charge in [0.1, 0.15) is 5.60 Å². The lowest BCUT2D eigenvalue weighted by Gasteiger charge is -2.42. The molecule has 1 saturated carbocycles. The van der Waals surface area contributed by atoms with Crippen molar-refractivity contribution in [3.05, 3.63) is 77.8 Å².